The highest BCUT2D eigenvalue weighted by Gasteiger charge is 2.15. The number of hydrogen-bond donors (Lipinski definition) is 1. The third kappa shape index (κ3) is 4.28. The normalized spacial score (nSPS) is 12.4. The monoisotopic (exact) mass is 259 g/mol. The van der Waals surface area contributed by atoms with E-state index in [2.05, 4.69) is 0 Å². The van der Waals surface area contributed by atoms with Crippen LogP contribution in [0.2, 0.25) is 5.02 Å². The van der Waals surface area contributed by atoms with Crippen LogP contribution in [0.15, 0.2) is 18.2 Å². The summed E-state index contributed by atoms with van der Waals surface area (Å²) < 4.78 is 36.6. The van der Waals surface area contributed by atoms with Crippen LogP contribution in [0.3, 0.4) is 0 Å². The molecule has 0 saturated carbocycles. The molecule has 86 valence electrons. The molecule has 0 saturated heterocycles. The van der Waals surface area contributed by atoms with Crippen molar-refractivity contribution in [1.29, 1.82) is 0 Å². The zero-order valence-electron chi connectivity index (χ0n) is 7.59. The number of benzene rings is 1. The molecule has 0 unspecified atom stereocenters. The predicted molar refractivity (Wildman–Crippen MR) is 56.2 cm³/mol. The van der Waals surface area contributed by atoms with Crippen LogP contribution in [-0.2, 0) is 0 Å². The van der Waals surface area contributed by atoms with Gasteiger partial charge in [-0.2, -0.15) is 0 Å². The van der Waals surface area contributed by atoms with Gasteiger partial charge in [-0.1, -0.05) is 17.7 Å². The summed E-state index contributed by atoms with van der Waals surface area (Å²) in [6.07, 6.45) is -2.98. The van der Waals surface area contributed by atoms with Gasteiger partial charge >= 0.3 is 0 Å². The Morgan fingerprint density at radius 1 is 1.33 bits per heavy atom. The number of alkyl halides is 2. The first kappa shape index (κ1) is 14.6. The van der Waals surface area contributed by atoms with Crippen LogP contribution in [0.5, 0.6) is 0 Å². The minimum absolute atomic E-state index is 0. The molecule has 2 N–H and O–H groups in total. The molecule has 1 rings (SSSR count). The van der Waals surface area contributed by atoms with E-state index in [1.807, 2.05) is 0 Å². The lowest BCUT2D eigenvalue weighted by molar-refractivity contribution is 0.128. The zero-order valence-corrected chi connectivity index (χ0v) is 9.16. The van der Waals surface area contributed by atoms with Crippen LogP contribution in [0.1, 0.15) is 18.0 Å². The SMILES string of the molecule is Cl.N[C@@H](CC(F)F)c1ccc(F)cc1Cl. The average Bonchev–Trinajstić information content (AvgIpc) is 2.01. The summed E-state index contributed by atoms with van der Waals surface area (Å²) in [6.45, 7) is 0. The fraction of sp³-hybridized carbons (Fsp3) is 0.333. The summed E-state index contributed by atoms with van der Waals surface area (Å²) in [5.41, 5.74) is 5.80. The molecule has 0 fully saturated rings. The first-order valence-corrected chi connectivity index (χ1v) is 4.37. The molecule has 0 aromatic heterocycles. The van der Waals surface area contributed by atoms with Crippen molar-refractivity contribution < 1.29 is 13.2 Å². The zero-order chi connectivity index (χ0) is 10.7. The first-order valence-electron chi connectivity index (χ1n) is 3.99. The molecular formula is C9H10Cl2F3N. The van der Waals surface area contributed by atoms with Gasteiger partial charge in [0.15, 0.2) is 0 Å². The summed E-state index contributed by atoms with van der Waals surface area (Å²) in [4.78, 5) is 0. The van der Waals surface area contributed by atoms with E-state index in [-0.39, 0.29) is 17.4 Å². The van der Waals surface area contributed by atoms with Gasteiger partial charge < -0.3 is 5.73 Å². The average molecular weight is 260 g/mol. The van der Waals surface area contributed by atoms with E-state index < -0.39 is 24.7 Å². The van der Waals surface area contributed by atoms with Gasteiger partial charge in [0.2, 0.25) is 6.43 Å². The topological polar surface area (TPSA) is 26.0 Å². The molecule has 0 aliphatic heterocycles. The van der Waals surface area contributed by atoms with Crippen molar-refractivity contribution >= 4 is 24.0 Å². The molecule has 1 atom stereocenters. The molecule has 1 aromatic rings. The lowest BCUT2D eigenvalue weighted by Gasteiger charge is -2.12. The molecule has 0 radical (unpaired) electrons. The van der Waals surface area contributed by atoms with Gasteiger partial charge in [-0.25, -0.2) is 13.2 Å². The van der Waals surface area contributed by atoms with Crippen molar-refractivity contribution in [2.24, 2.45) is 5.73 Å². The standard InChI is InChI=1S/C9H9ClF3N.ClH/c10-7-3-5(11)1-2-6(7)8(14)4-9(12)13;/h1-3,8-9H,4,14H2;1H/t8-;/m0./s1. The maximum absolute atomic E-state index is 12.6. The maximum atomic E-state index is 12.6. The van der Waals surface area contributed by atoms with Crippen molar-refractivity contribution in [2.45, 2.75) is 18.9 Å². The molecule has 0 spiro atoms. The molecule has 0 heterocycles. The third-order valence-corrected chi connectivity index (χ3v) is 2.12. The molecule has 0 bridgehead atoms. The first-order chi connectivity index (χ1) is 6.50. The Balaban J connectivity index is 0.00000196. The number of nitrogens with two attached hydrogens (primary N) is 1. The molecule has 15 heavy (non-hydrogen) atoms. The van der Waals surface area contributed by atoms with E-state index in [9.17, 15) is 13.2 Å². The number of halogens is 5. The van der Waals surface area contributed by atoms with Crippen LogP contribution in [0.4, 0.5) is 13.2 Å². The summed E-state index contributed by atoms with van der Waals surface area (Å²) in [5.74, 6) is -0.511. The van der Waals surface area contributed by atoms with Gasteiger partial charge in [-0.3, -0.25) is 0 Å². The molecule has 0 aliphatic carbocycles. The largest absolute Gasteiger partial charge is 0.324 e. The Kier molecular flexibility index (Phi) is 6.02. The Labute approximate surface area is 96.8 Å². The van der Waals surface area contributed by atoms with Gasteiger partial charge in [-0.05, 0) is 17.7 Å². The highest BCUT2D eigenvalue weighted by Crippen LogP contribution is 2.26. The Bertz CT molecular complexity index is 320. The Hall–Kier alpha value is -0.450. The smallest absolute Gasteiger partial charge is 0.240 e. The highest BCUT2D eigenvalue weighted by atomic mass is 35.5. The fourth-order valence-corrected chi connectivity index (χ4v) is 1.43. The van der Waals surface area contributed by atoms with Gasteiger partial charge in [-0.15, -0.1) is 12.4 Å². The van der Waals surface area contributed by atoms with Gasteiger partial charge in [0.05, 0.1) is 0 Å². The molecule has 0 amide bonds. The number of hydrogen-bond acceptors (Lipinski definition) is 1. The second-order valence-electron chi connectivity index (χ2n) is 2.90. The summed E-state index contributed by atoms with van der Waals surface area (Å²) >= 11 is 5.64. The van der Waals surface area contributed by atoms with Gasteiger partial charge in [0, 0.05) is 17.5 Å². The van der Waals surface area contributed by atoms with Crippen LogP contribution < -0.4 is 5.73 Å². The van der Waals surface area contributed by atoms with E-state index in [0.29, 0.717) is 5.56 Å². The molecule has 6 heteroatoms. The van der Waals surface area contributed by atoms with Gasteiger partial charge in [0.1, 0.15) is 5.82 Å². The van der Waals surface area contributed by atoms with Gasteiger partial charge in [0.25, 0.3) is 0 Å². The van der Waals surface area contributed by atoms with Crippen LogP contribution >= 0.6 is 24.0 Å². The summed E-state index contributed by atoms with van der Waals surface area (Å²) in [6, 6.07) is 2.67. The van der Waals surface area contributed by atoms with Crippen LogP contribution in [-0.4, -0.2) is 6.43 Å². The lowest BCUT2D eigenvalue weighted by atomic mass is 10.1. The van der Waals surface area contributed by atoms with E-state index >= 15 is 0 Å². The molecule has 0 aliphatic rings. The summed E-state index contributed by atoms with van der Waals surface area (Å²) in [5, 5.41) is 0.0816. The third-order valence-electron chi connectivity index (χ3n) is 1.79. The molecular weight excluding hydrogens is 250 g/mol. The van der Waals surface area contributed by atoms with Crippen LogP contribution in [0.25, 0.3) is 0 Å². The minimum Gasteiger partial charge on any atom is -0.324 e. The second-order valence-corrected chi connectivity index (χ2v) is 3.31. The minimum atomic E-state index is -2.49. The predicted octanol–water partition coefficient (Wildman–Crippen LogP) is 3.56. The van der Waals surface area contributed by atoms with Crippen molar-refractivity contribution in [3.8, 4) is 0 Å². The number of rotatable bonds is 3. The fourth-order valence-electron chi connectivity index (χ4n) is 1.12. The quantitative estimate of drug-likeness (QED) is 0.883. The Morgan fingerprint density at radius 2 is 1.93 bits per heavy atom. The highest BCUT2D eigenvalue weighted by molar-refractivity contribution is 6.31. The summed E-state index contributed by atoms with van der Waals surface area (Å²) in [7, 11) is 0. The van der Waals surface area contributed by atoms with Crippen molar-refractivity contribution in [3.05, 3.63) is 34.6 Å². The van der Waals surface area contributed by atoms with Crippen LogP contribution in [0, 0.1) is 5.82 Å². The van der Waals surface area contributed by atoms with E-state index in [4.69, 9.17) is 17.3 Å². The molecule has 1 aromatic carbocycles. The Morgan fingerprint density at radius 3 is 2.40 bits per heavy atom. The molecule has 1 nitrogen and oxygen atoms in total. The maximum Gasteiger partial charge on any atom is 0.240 e. The van der Waals surface area contributed by atoms with E-state index in [0.717, 1.165) is 12.1 Å². The van der Waals surface area contributed by atoms with E-state index in [1.54, 1.807) is 0 Å². The van der Waals surface area contributed by atoms with Crippen molar-refractivity contribution in [2.75, 3.05) is 0 Å². The van der Waals surface area contributed by atoms with E-state index in [1.165, 1.54) is 6.07 Å². The lowest BCUT2D eigenvalue weighted by Crippen LogP contribution is -2.14. The van der Waals surface area contributed by atoms with Crippen molar-refractivity contribution in [1.82, 2.24) is 0 Å². The second kappa shape index (κ2) is 6.20. The van der Waals surface area contributed by atoms with Crippen molar-refractivity contribution in [3.63, 3.8) is 0 Å².